The van der Waals surface area contributed by atoms with Crippen molar-refractivity contribution in [1.82, 2.24) is 9.97 Å². The normalized spacial score (nSPS) is 12.0. The summed E-state index contributed by atoms with van der Waals surface area (Å²) in [5.41, 5.74) is 3.46. The Kier molecular flexibility index (Phi) is 5.19. The van der Waals surface area contributed by atoms with Crippen LogP contribution in [0.1, 0.15) is 12.5 Å². The third-order valence-electron chi connectivity index (χ3n) is 3.77. The highest BCUT2D eigenvalue weighted by Crippen LogP contribution is 2.25. The summed E-state index contributed by atoms with van der Waals surface area (Å²) in [4.78, 5) is 19.8. The predicted octanol–water partition coefficient (Wildman–Crippen LogP) is 4.64. The molecule has 3 rings (SSSR count). The van der Waals surface area contributed by atoms with Gasteiger partial charge in [-0.3, -0.25) is 4.79 Å². The number of hydrogen-bond donors (Lipinski definition) is 2. The van der Waals surface area contributed by atoms with Crippen molar-refractivity contribution in [3.8, 4) is 11.3 Å². The van der Waals surface area contributed by atoms with E-state index in [1.54, 1.807) is 18.3 Å². The molecule has 2 aromatic carbocycles. The van der Waals surface area contributed by atoms with Gasteiger partial charge in [-0.25, -0.2) is 9.37 Å². The molecule has 4 nitrogen and oxygen atoms in total. The zero-order chi connectivity index (χ0) is 17.8. The quantitative estimate of drug-likeness (QED) is 0.655. The highest BCUT2D eigenvalue weighted by atomic mass is 32.2. The van der Waals surface area contributed by atoms with Crippen molar-refractivity contribution in [1.29, 1.82) is 0 Å². The van der Waals surface area contributed by atoms with Crippen LogP contribution in [0.5, 0.6) is 0 Å². The Morgan fingerprint density at radius 2 is 1.92 bits per heavy atom. The molecule has 1 atom stereocenters. The third-order valence-corrected chi connectivity index (χ3v) is 4.77. The molecular formula is C19H18FN3OS. The van der Waals surface area contributed by atoms with Crippen LogP contribution in [0.3, 0.4) is 0 Å². The molecule has 0 radical (unpaired) electrons. The molecule has 0 aliphatic carbocycles. The maximum Gasteiger partial charge on any atom is 0.237 e. The minimum Gasteiger partial charge on any atom is -0.333 e. The number of H-pyrrole nitrogens is 1. The smallest absolute Gasteiger partial charge is 0.237 e. The lowest BCUT2D eigenvalue weighted by molar-refractivity contribution is -0.115. The fourth-order valence-corrected chi connectivity index (χ4v) is 3.09. The number of imidazole rings is 1. The van der Waals surface area contributed by atoms with Crippen LogP contribution < -0.4 is 5.32 Å². The van der Waals surface area contributed by atoms with Gasteiger partial charge in [-0.2, -0.15) is 0 Å². The largest absolute Gasteiger partial charge is 0.333 e. The molecular weight excluding hydrogens is 337 g/mol. The second-order valence-corrected chi connectivity index (χ2v) is 7.00. The first-order valence-corrected chi connectivity index (χ1v) is 8.75. The molecule has 6 heteroatoms. The van der Waals surface area contributed by atoms with Crippen molar-refractivity contribution in [3.63, 3.8) is 0 Å². The molecule has 0 bridgehead atoms. The van der Waals surface area contributed by atoms with Crippen LogP contribution in [-0.4, -0.2) is 21.1 Å². The van der Waals surface area contributed by atoms with E-state index in [1.807, 2.05) is 38.1 Å². The first kappa shape index (κ1) is 17.2. The van der Waals surface area contributed by atoms with E-state index < -0.39 is 0 Å². The van der Waals surface area contributed by atoms with E-state index >= 15 is 0 Å². The third kappa shape index (κ3) is 4.28. The standard InChI is InChI=1S/C19H18FN3OS/c1-12-5-3-4-6-16(12)22-18(24)13(2)25-19-21-11-17(23-19)14-7-9-15(20)10-8-14/h3-11,13H,1-2H3,(H,21,23)(H,22,24)/t13-/m0/s1. The number of anilines is 1. The van der Waals surface area contributed by atoms with Gasteiger partial charge in [0.05, 0.1) is 17.1 Å². The second kappa shape index (κ2) is 7.53. The number of carbonyl (C=O) groups excluding carboxylic acids is 1. The first-order valence-electron chi connectivity index (χ1n) is 7.87. The minimum atomic E-state index is -0.313. The summed E-state index contributed by atoms with van der Waals surface area (Å²) in [6.07, 6.45) is 1.68. The van der Waals surface area contributed by atoms with Crippen LogP contribution in [0.2, 0.25) is 0 Å². The van der Waals surface area contributed by atoms with Crippen molar-refractivity contribution in [2.45, 2.75) is 24.3 Å². The number of benzene rings is 2. The van der Waals surface area contributed by atoms with E-state index in [9.17, 15) is 9.18 Å². The molecule has 1 amide bonds. The molecule has 0 aliphatic rings. The Labute approximate surface area is 149 Å². The summed E-state index contributed by atoms with van der Waals surface area (Å²) in [5.74, 6) is -0.363. The predicted molar refractivity (Wildman–Crippen MR) is 99.1 cm³/mol. The Morgan fingerprint density at radius 1 is 1.20 bits per heavy atom. The molecule has 0 aliphatic heterocycles. The SMILES string of the molecule is Cc1ccccc1NC(=O)[C@H](C)Sc1ncc(-c2ccc(F)cc2)[nH]1. The summed E-state index contributed by atoms with van der Waals surface area (Å²) in [7, 11) is 0. The van der Waals surface area contributed by atoms with Crippen LogP contribution in [0.15, 0.2) is 59.9 Å². The molecule has 0 unspecified atom stereocenters. The summed E-state index contributed by atoms with van der Waals surface area (Å²) in [5, 5.41) is 3.26. The van der Waals surface area contributed by atoms with Crippen LogP contribution in [0, 0.1) is 12.7 Å². The molecule has 128 valence electrons. The van der Waals surface area contributed by atoms with E-state index in [2.05, 4.69) is 15.3 Å². The molecule has 0 fully saturated rings. The maximum atomic E-state index is 13.0. The minimum absolute atomic E-state index is 0.0842. The lowest BCUT2D eigenvalue weighted by atomic mass is 10.2. The number of hydrogen-bond acceptors (Lipinski definition) is 3. The first-order chi connectivity index (χ1) is 12.0. The fraction of sp³-hybridized carbons (Fsp3) is 0.158. The number of halogens is 1. The van der Waals surface area contributed by atoms with Gasteiger partial charge >= 0.3 is 0 Å². The number of thioether (sulfide) groups is 1. The van der Waals surface area contributed by atoms with E-state index in [0.29, 0.717) is 5.16 Å². The van der Waals surface area contributed by atoms with Gasteiger partial charge in [0.25, 0.3) is 0 Å². The highest BCUT2D eigenvalue weighted by Gasteiger charge is 2.17. The highest BCUT2D eigenvalue weighted by molar-refractivity contribution is 8.00. The maximum absolute atomic E-state index is 13.0. The Balaban J connectivity index is 1.65. The zero-order valence-corrected chi connectivity index (χ0v) is 14.7. The summed E-state index contributed by atoms with van der Waals surface area (Å²) < 4.78 is 13.0. The van der Waals surface area contributed by atoms with Gasteiger partial charge in [0, 0.05) is 5.69 Å². The van der Waals surface area contributed by atoms with Gasteiger partial charge in [-0.15, -0.1) is 0 Å². The number of nitrogens with one attached hydrogen (secondary N) is 2. The summed E-state index contributed by atoms with van der Waals surface area (Å²) in [6.45, 7) is 3.79. The molecule has 1 aromatic heterocycles. The number of carbonyl (C=O) groups is 1. The molecule has 25 heavy (non-hydrogen) atoms. The average molecular weight is 355 g/mol. The van der Waals surface area contributed by atoms with Crippen molar-refractivity contribution in [3.05, 3.63) is 66.1 Å². The number of para-hydroxylation sites is 1. The van der Waals surface area contributed by atoms with E-state index in [0.717, 1.165) is 22.5 Å². The molecule has 1 heterocycles. The molecule has 3 aromatic rings. The Hall–Kier alpha value is -2.60. The van der Waals surface area contributed by atoms with E-state index in [-0.39, 0.29) is 17.0 Å². The summed E-state index contributed by atoms with van der Waals surface area (Å²) in [6, 6.07) is 13.8. The number of nitrogens with zero attached hydrogens (tertiary/aromatic N) is 1. The lowest BCUT2D eigenvalue weighted by Gasteiger charge is -2.12. The lowest BCUT2D eigenvalue weighted by Crippen LogP contribution is -2.22. The monoisotopic (exact) mass is 355 g/mol. The number of amides is 1. The average Bonchev–Trinajstić information content (AvgIpc) is 3.06. The topological polar surface area (TPSA) is 57.8 Å². The molecule has 0 saturated heterocycles. The van der Waals surface area contributed by atoms with Crippen LogP contribution >= 0.6 is 11.8 Å². The van der Waals surface area contributed by atoms with Crippen molar-refractivity contribution in [2.75, 3.05) is 5.32 Å². The Morgan fingerprint density at radius 3 is 2.64 bits per heavy atom. The van der Waals surface area contributed by atoms with Crippen molar-refractivity contribution in [2.24, 2.45) is 0 Å². The van der Waals surface area contributed by atoms with Gasteiger partial charge in [-0.05, 0) is 55.3 Å². The number of aromatic amines is 1. The zero-order valence-electron chi connectivity index (χ0n) is 13.9. The number of aryl methyl sites for hydroxylation is 1. The van der Waals surface area contributed by atoms with Gasteiger partial charge < -0.3 is 10.3 Å². The van der Waals surface area contributed by atoms with Crippen LogP contribution in [0.4, 0.5) is 10.1 Å². The number of aromatic nitrogens is 2. The van der Waals surface area contributed by atoms with E-state index in [1.165, 1.54) is 23.9 Å². The van der Waals surface area contributed by atoms with Gasteiger partial charge in [0.2, 0.25) is 5.91 Å². The van der Waals surface area contributed by atoms with Crippen molar-refractivity contribution < 1.29 is 9.18 Å². The summed E-state index contributed by atoms with van der Waals surface area (Å²) >= 11 is 1.34. The van der Waals surface area contributed by atoms with Gasteiger partial charge in [-0.1, -0.05) is 30.0 Å². The van der Waals surface area contributed by atoms with Gasteiger partial charge in [0.15, 0.2) is 5.16 Å². The second-order valence-electron chi connectivity index (χ2n) is 5.67. The van der Waals surface area contributed by atoms with Crippen LogP contribution in [0.25, 0.3) is 11.3 Å². The van der Waals surface area contributed by atoms with Crippen LogP contribution in [-0.2, 0) is 4.79 Å². The number of rotatable bonds is 5. The van der Waals surface area contributed by atoms with Crippen molar-refractivity contribution >= 4 is 23.4 Å². The molecule has 2 N–H and O–H groups in total. The van der Waals surface area contributed by atoms with Gasteiger partial charge in [0.1, 0.15) is 5.82 Å². The van der Waals surface area contributed by atoms with E-state index in [4.69, 9.17) is 0 Å². The molecule has 0 saturated carbocycles. The Bertz CT molecular complexity index is 876. The molecule has 0 spiro atoms. The fourth-order valence-electron chi connectivity index (χ4n) is 2.31.